The van der Waals surface area contributed by atoms with Gasteiger partial charge in [-0.05, 0) is 48.7 Å². The Labute approximate surface area is 200 Å². The van der Waals surface area contributed by atoms with Gasteiger partial charge in [0, 0.05) is 30.4 Å². The number of fused-ring (bicyclic) bond motifs is 1. The summed E-state index contributed by atoms with van der Waals surface area (Å²) in [4.78, 5) is 1.95. The predicted octanol–water partition coefficient (Wildman–Crippen LogP) is 5.31. The van der Waals surface area contributed by atoms with E-state index < -0.39 is 11.7 Å². The number of rotatable bonds is 5. The lowest BCUT2D eigenvalue weighted by atomic mass is 10.0. The van der Waals surface area contributed by atoms with Crippen LogP contribution in [0.4, 0.5) is 24.8 Å². The van der Waals surface area contributed by atoms with E-state index in [0.717, 1.165) is 17.7 Å². The second kappa shape index (κ2) is 10.2. The topological polar surface area (TPSA) is 70.5 Å². The fourth-order valence-corrected chi connectivity index (χ4v) is 4.04. The van der Waals surface area contributed by atoms with Crippen LogP contribution in [0, 0.1) is 0 Å². The maximum Gasteiger partial charge on any atom is 0.416 e. The van der Waals surface area contributed by atoms with E-state index in [1.807, 2.05) is 11.0 Å². The molecular formula is C22H23Cl2F3N4O2. The van der Waals surface area contributed by atoms with Crippen LogP contribution in [0.15, 0.2) is 36.4 Å². The van der Waals surface area contributed by atoms with Crippen LogP contribution in [-0.2, 0) is 12.7 Å². The van der Waals surface area contributed by atoms with Crippen molar-refractivity contribution in [3.8, 4) is 5.75 Å². The summed E-state index contributed by atoms with van der Waals surface area (Å²) in [6.07, 6.45) is -3.71. The number of alkyl halides is 3. The Bertz CT molecular complexity index is 1120. The van der Waals surface area contributed by atoms with Crippen molar-refractivity contribution < 1.29 is 23.0 Å². The quantitative estimate of drug-likeness (QED) is 0.492. The summed E-state index contributed by atoms with van der Waals surface area (Å²) in [7, 11) is 1.52. The van der Waals surface area contributed by atoms with Gasteiger partial charge in [0.25, 0.3) is 0 Å². The molecule has 4 rings (SSSR count). The first-order valence-electron chi connectivity index (χ1n) is 10.1. The Morgan fingerprint density at radius 1 is 1.12 bits per heavy atom. The Kier molecular flexibility index (Phi) is 7.76. The molecule has 2 heterocycles. The van der Waals surface area contributed by atoms with E-state index in [4.69, 9.17) is 16.3 Å². The molecule has 178 valence electrons. The number of anilines is 2. The highest BCUT2D eigenvalue weighted by molar-refractivity contribution is 6.32. The lowest BCUT2D eigenvalue weighted by Crippen LogP contribution is -2.36. The number of nitrogens with zero attached hydrogens (tertiary/aromatic N) is 3. The van der Waals surface area contributed by atoms with E-state index in [9.17, 15) is 18.3 Å². The minimum Gasteiger partial charge on any atom is -0.495 e. The second-order valence-corrected chi connectivity index (χ2v) is 8.08. The SMILES string of the molecule is COc1ccc(CNc2nnc(N3CCC(O)CC3)c3ccc(C(F)(F)F)cc23)cc1Cl.Cl. The van der Waals surface area contributed by atoms with Crippen LogP contribution in [0.2, 0.25) is 5.02 Å². The summed E-state index contributed by atoms with van der Waals surface area (Å²) >= 11 is 6.17. The van der Waals surface area contributed by atoms with Gasteiger partial charge < -0.3 is 20.1 Å². The first kappa shape index (κ1) is 25.1. The van der Waals surface area contributed by atoms with Crippen LogP contribution in [0.25, 0.3) is 10.8 Å². The molecular weight excluding hydrogens is 480 g/mol. The van der Waals surface area contributed by atoms with Gasteiger partial charge in [-0.3, -0.25) is 0 Å². The molecule has 0 atom stereocenters. The summed E-state index contributed by atoms with van der Waals surface area (Å²) < 4.78 is 45.3. The highest BCUT2D eigenvalue weighted by Crippen LogP contribution is 2.36. The number of aliphatic hydroxyl groups excluding tert-OH is 1. The van der Waals surface area contributed by atoms with E-state index in [-0.39, 0.29) is 24.3 Å². The maximum absolute atomic E-state index is 13.4. The average Bonchev–Trinajstić information content (AvgIpc) is 2.77. The number of ether oxygens (including phenoxy) is 1. The normalized spacial score (nSPS) is 14.8. The van der Waals surface area contributed by atoms with Crippen LogP contribution >= 0.6 is 24.0 Å². The number of methoxy groups -OCH3 is 1. The van der Waals surface area contributed by atoms with Crippen molar-refractivity contribution in [2.45, 2.75) is 31.7 Å². The lowest BCUT2D eigenvalue weighted by Gasteiger charge is -2.31. The molecule has 1 aliphatic heterocycles. The summed E-state index contributed by atoms with van der Waals surface area (Å²) in [5.74, 6) is 1.30. The van der Waals surface area contributed by atoms with Gasteiger partial charge in [-0.25, -0.2) is 0 Å². The summed E-state index contributed by atoms with van der Waals surface area (Å²) in [5.41, 5.74) is 0.0559. The molecule has 6 nitrogen and oxygen atoms in total. The second-order valence-electron chi connectivity index (χ2n) is 7.67. The first-order valence-corrected chi connectivity index (χ1v) is 10.5. The van der Waals surface area contributed by atoms with Gasteiger partial charge >= 0.3 is 6.18 Å². The number of piperidine rings is 1. The molecule has 2 N–H and O–H groups in total. The third kappa shape index (κ3) is 5.54. The fourth-order valence-electron chi connectivity index (χ4n) is 3.76. The van der Waals surface area contributed by atoms with Gasteiger partial charge in [0.2, 0.25) is 0 Å². The number of nitrogens with one attached hydrogen (secondary N) is 1. The van der Waals surface area contributed by atoms with E-state index in [0.29, 0.717) is 59.8 Å². The van der Waals surface area contributed by atoms with Gasteiger partial charge in [-0.1, -0.05) is 17.7 Å². The molecule has 0 spiro atoms. The average molecular weight is 503 g/mol. The molecule has 2 aromatic carbocycles. The molecule has 1 saturated heterocycles. The van der Waals surface area contributed by atoms with Gasteiger partial charge in [-0.15, -0.1) is 22.6 Å². The zero-order valence-electron chi connectivity index (χ0n) is 17.7. The van der Waals surface area contributed by atoms with E-state index in [2.05, 4.69) is 15.5 Å². The first-order chi connectivity index (χ1) is 15.3. The van der Waals surface area contributed by atoms with Crippen molar-refractivity contribution in [3.05, 3.63) is 52.5 Å². The van der Waals surface area contributed by atoms with Crippen LogP contribution in [0.5, 0.6) is 5.75 Å². The van der Waals surface area contributed by atoms with Crippen LogP contribution < -0.4 is 15.0 Å². The third-order valence-electron chi connectivity index (χ3n) is 5.53. The number of aliphatic hydroxyl groups is 1. The predicted molar refractivity (Wildman–Crippen MR) is 125 cm³/mol. The van der Waals surface area contributed by atoms with Crippen molar-refractivity contribution >= 4 is 46.4 Å². The van der Waals surface area contributed by atoms with Gasteiger partial charge in [-0.2, -0.15) is 13.2 Å². The number of benzene rings is 2. The standard InChI is InChI=1S/C22H22ClF3N4O2.ClH/c1-32-19-5-2-13(10-18(19)23)12-27-20-17-11-14(22(24,25)26)3-4-16(17)21(29-28-20)30-8-6-15(31)7-9-30;/h2-5,10-11,15,31H,6-9,12H2,1H3,(H,27,28);1H. The van der Waals surface area contributed by atoms with Crippen molar-refractivity contribution in [1.82, 2.24) is 10.2 Å². The molecule has 0 amide bonds. The Morgan fingerprint density at radius 2 is 1.85 bits per heavy atom. The van der Waals surface area contributed by atoms with Crippen LogP contribution in [0.3, 0.4) is 0 Å². The van der Waals surface area contributed by atoms with Crippen molar-refractivity contribution in [1.29, 1.82) is 0 Å². The van der Waals surface area contributed by atoms with E-state index in [1.165, 1.54) is 13.2 Å². The molecule has 1 aromatic heterocycles. The number of halogens is 5. The van der Waals surface area contributed by atoms with Crippen LogP contribution in [0.1, 0.15) is 24.0 Å². The lowest BCUT2D eigenvalue weighted by molar-refractivity contribution is -0.137. The fraction of sp³-hybridized carbons (Fsp3) is 0.364. The minimum absolute atomic E-state index is 0. The molecule has 0 bridgehead atoms. The molecule has 11 heteroatoms. The zero-order chi connectivity index (χ0) is 22.9. The van der Waals surface area contributed by atoms with Gasteiger partial charge in [0.05, 0.1) is 23.8 Å². The van der Waals surface area contributed by atoms with Crippen molar-refractivity contribution in [2.75, 3.05) is 30.4 Å². The molecule has 0 aliphatic carbocycles. The van der Waals surface area contributed by atoms with E-state index >= 15 is 0 Å². The van der Waals surface area contributed by atoms with Gasteiger partial charge in [0.1, 0.15) is 5.75 Å². The highest BCUT2D eigenvalue weighted by Gasteiger charge is 2.31. The highest BCUT2D eigenvalue weighted by atomic mass is 35.5. The largest absolute Gasteiger partial charge is 0.495 e. The summed E-state index contributed by atoms with van der Waals surface area (Å²) in [5, 5.41) is 22.7. The third-order valence-corrected chi connectivity index (χ3v) is 5.82. The Hall–Kier alpha value is -2.49. The summed E-state index contributed by atoms with van der Waals surface area (Å²) in [6.45, 7) is 1.41. The molecule has 3 aromatic rings. The summed E-state index contributed by atoms with van der Waals surface area (Å²) in [6, 6.07) is 8.83. The molecule has 33 heavy (non-hydrogen) atoms. The number of aromatic nitrogens is 2. The number of hydrogen-bond acceptors (Lipinski definition) is 6. The maximum atomic E-state index is 13.4. The number of hydrogen-bond donors (Lipinski definition) is 2. The monoisotopic (exact) mass is 502 g/mol. The zero-order valence-corrected chi connectivity index (χ0v) is 19.3. The molecule has 1 fully saturated rings. The Morgan fingerprint density at radius 3 is 2.48 bits per heavy atom. The molecule has 0 saturated carbocycles. The van der Waals surface area contributed by atoms with Crippen molar-refractivity contribution in [2.24, 2.45) is 0 Å². The van der Waals surface area contributed by atoms with Crippen LogP contribution in [-0.4, -0.2) is 41.6 Å². The van der Waals surface area contributed by atoms with Crippen molar-refractivity contribution in [3.63, 3.8) is 0 Å². The Balaban J connectivity index is 0.00000306. The smallest absolute Gasteiger partial charge is 0.416 e. The molecule has 0 unspecified atom stereocenters. The minimum atomic E-state index is -4.48. The van der Waals surface area contributed by atoms with E-state index in [1.54, 1.807) is 12.1 Å². The van der Waals surface area contributed by atoms with Gasteiger partial charge in [0.15, 0.2) is 11.6 Å². The molecule has 1 aliphatic rings. The molecule has 0 radical (unpaired) electrons.